The van der Waals surface area contributed by atoms with E-state index in [1.165, 1.54) is 0 Å². The number of carbonyl (C=O) groups excluding carboxylic acids is 1. The van der Waals surface area contributed by atoms with Gasteiger partial charge in [-0.2, -0.15) is 22.3 Å². The van der Waals surface area contributed by atoms with E-state index in [0.29, 0.717) is 23.4 Å². The van der Waals surface area contributed by atoms with Crippen LogP contribution in [-0.2, 0) is 17.0 Å². The van der Waals surface area contributed by atoms with E-state index in [0.717, 1.165) is 28.1 Å². The Labute approximate surface area is 196 Å². The molecule has 0 aliphatic rings. The van der Waals surface area contributed by atoms with Crippen LogP contribution in [0.3, 0.4) is 0 Å². The predicted molar refractivity (Wildman–Crippen MR) is 126 cm³/mol. The third kappa shape index (κ3) is 4.65. The van der Waals surface area contributed by atoms with Gasteiger partial charge in [-0.15, -0.1) is 0 Å². The predicted octanol–water partition coefficient (Wildman–Crippen LogP) is 5.34. The number of nitriles is 2. The summed E-state index contributed by atoms with van der Waals surface area (Å²) in [6, 6.07) is 13.4. The number of aromatic nitrogens is 2. The molecule has 8 heteroatoms. The summed E-state index contributed by atoms with van der Waals surface area (Å²) in [6.07, 6.45) is 3.61. The molecular weight excluding hydrogens is 444 g/mol. The molecule has 0 amide bonds. The molecule has 0 atom stereocenters. The number of thioether (sulfide) groups is 1. The van der Waals surface area contributed by atoms with Crippen LogP contribution in [0, 0.1) is 29.6 Å². The highest BCUT2D eigenvalue weighted by molar-refractivity contribution is 7.97. The number of pyridine rings is 1. The fourth-order valence-corrected chi connectivity index (χ4v) is 4.35. The van der Waals surface area contributed by atoms with Gasteiger partial charge in [0.25, 0.3) is 0 Å². The Morgan fingerprint density at radius 3 is 2.56 bits per heavy atom. The topological polar surface area (TPSA) is 91.7 Å². The van der Waals surface area contributed by atoms with E-state index in [4.69, 9.17) is 21.6 Å². The number of benzene rings is 1. The highest BCUT2D eigenvalue weighted by Gasteiger charge is 2.22. The molecule has 6 nitrogen and oxygen atoms in total. The minimum atomic E-state index is -0.517. The average molecular weight is 465 g/mol. The normalized spacial score (nSPS) is 10.4. The number of carbonyl (C=O) groups is 1. The van der Waals surface area contributed by atoms with E-state index in [-0.39, 0.29) is 17.3 Å². The van der Waals surface area contributed by atoms with E-state index in [1.807, 2.05) is 25.3 Å². The van der Waals surface area contributed by atoms with Crippen molar-refractivity contribution >= 4 is 29.3 Å². The Balaban J connectivity index is 2.12. The van der Waals surface area contributed by atoms with E-state index >= 15 is 0 Å². The monoisotopic (exact) mass is 464 g/mol. The summed E-state index contributed by atoms with van der Waals surface area (Å²) in [7, 11) is 0. The Kier molecular flexibility index (Phi) is 7.58. The minimum Gasteiger partial charge on any atom is -0.462 e. The maximum absolute atomic E-state index is 12.2. The molecule has 3 rings (SSSR count). The SMILES string of the molecule is CCOC(=O)c1cc(Cn2c(C)c(-c3ccc(C#N)cc3)c(C#N)c2CSC)cnc1Cl. The summed E-state index contributed by atoms with van der Waals surface area (Å²) in [5.74, 6) is 0.127. The second kappa shape index (κ2) is 10.4. The fourth-order valence-electron chi connectivity index (χ4n) is 3.60. The average Bonchev–Trinajstić information content (AvgIpc) is 3.06. The Bertz CT molecular complexity index is 1240. The number of halogens is 1. The molecular formula is C24H21ClN4O2S. The first-order valence-corrected chi connectivity index (χ1v) is 11.6. The summed E-state index contributed by atoms with van der Waals surface area (Å²) in [5, 5.41) is 19.2. The van der Waals surface area contributed by atoms with Gasteiger partial charge in [-0.3, -0.25) is 0 Å². The van der Waals surface area contributed by atoms with Crippen molar-refractivity contribution in [1.82, 2.24) is 9.55 Å². The first-order valence-electron chi connectivity index (χ1n) is 9.88. The van der Waals surface area contributed by atoms with E-state index < -0.39 is 5.97 Å². The van der Waals surface area contributed by atoms with Crippen molar-refractivity contribution in [3.63, 3.8) is 0 Å². The number of ether oxygens (including phenoxy) is 1. The Morgan fingerprint density at radius 1 is 1.25 bits per heavy atom. The van der Waals surface area contributed by atoms with E-state index in [1.54, 1.807) is 43.1 Å². The zero-order valence-corrected chi connectivity index (χ0v) is 19.5. The summed E-state index contributed by atoms with van der Waals surface area (Å²) in [5.41, 5.74) is 5.69. The molecule has 0 unspecified atom stereocenters. The molecule has 0 aliphatic carbocycles. The molecule has 0 saturated carbocycles. The third-order valence-corrected chi connectivity index (χ3v) is 5.92. The Morgan fingerprint density at radius 2 is 1.97 bits per heavy atom. The van der Waals surface area contributed by atoms with Gasteiger partial charge in [0.05, 0.1) is 29.4 Å². The van der Waals surface area contributed by atoms with Crippen molar-refractivity contribution in [3.8, 4) is 23.3 Å². The highest BCUT2D eigenvalue weighted by atomic mass is 35.5. The van der Waals surface area contributed by atoms with Gasteiger partial charge in [0.2, 0.25) is 0 Å². The summed E-state index contributed by atoms with van der Waals surface area (Å²) >= 11 is 7.73. The molecule has 162 valence electrons. The van der Waals surface area contributed by atoms with Crippen molar-refractivity contribution in [2.45, 2.75) is 26.1 Å². The maximum Gasteiger partial charge on any atom is 0.341 e. The van der Waals surface area contributed by atoms with Crippen molar-refractivity contribution in [1.29, 1.82) is 10.5 Å². The quantitative estimate of drug-likeness (QED) is 0.346. The second-order valence-corrected chi connectivity index (χ2v) is 8.23. The van der Waals surface area contributed by atoms with Crippen LogP contribution in [-0.4, -0.2) is 28.4 Å². The van der Waals surface area contributed by atoms with Gasteiger partial charge in [0.15, 0.2) is 0 Å². The van der Waals surface area contributed by atoms with Gasteiger partial charge in [-0.1, -0.05) is 23.7 Å². The molecule has 2 heterocycles. The molecule has 0 spiro atoms. The smallest absolute Gasteiger partial charge is 0.341 e. The lowest BCUT2D eigenvalue weighted by atomic mass is 10.00. The number of rotatable bonds is 7. The number of hydrogen-bond acceptors (Lipinski definition) is 6. The lowest BCUT2D eigenvalue weighted by molar-refractivity contribution is 0.0526. The molecule has 0 N–H and O–H groups in total. The first-order chi connectivity index (χ1) is 15.4. The first kappa shape index (κ1) is 23.4. The van der Waals surface area contributed by atoms with Crippen LogP contribution in [0.15, 0.2) is 36.5 Å². The van der Waals surface area contributed by atoms with Gasteiger partial charge in [-0.25, -0.2) is 9.78 Å². The Hall–Kier alpha value is -3.26. The molecule has 32 heavy (non-hydrogen) atoms. The number of esters is 1. The van der Waals surface area contributed by atoms with Crippen LogP contribution in [0.4, 0.5) is 0 Å². The maximum atomic E-state index is 12.2. The fraction of sp³-hybridized carbons (Fsp3) is 0.250. The molecule has 0 radical (unpaired) electrons. The lowest BCUT2D eigenvalue weighted by Gasteiger charge is -2.13. The van der Waals surface area contributed by atoms with Crippen LogP contribution < -0.4 is 0 Å². The molecule has 2 aromatic heterocycles. The van der Waals surface area contributed by atoms with Crippen molar-refractivity contribution in [3.05, 3.63) is 75.3 Å². The zero-order valence-electron chi connectivity index (χ0n) is 18.0. The lowest BCUT2D eigenvalue weighted by Crippen LogP contribution is -2.10. The molecule has 0 bridgehead atoms. The van der Waals surface area contributed by atoms with Crippen molar-refractivity contribution < 1.29 is 9.53 Å². The van der Waals surface area contributed by atoms with Crippen LogP contribution >= 0.6 is 23.4 Å². The van der Waals surface area contributed by atoms with E-state index in [2.05, 4.69) is 21.7 Å². The second-order valence-electron chi connectivity index (χ2n) is 7.00. The van der Waals surface area contributed by atoms with Crippen LogP contribution in [0.25, 0.3) is 11.1 Å². The molecule has 1 aromatic carbocycles. The third-order valence-electron chi connectivity index (χ3n) is 5.06. The molecule has 3 aromatic rings. The van der Waals surface area contributed by atoms with Crippen LogP contribution in [0.2, 0.25) is 5.15 Å². The molecule has 0 fully saturated rings. The minimum absolute atomic E-state index is 0.0942. The van der Waals surface area contributed by atoms with Gasteiger partial charge in [0.1, 0.15) is 11.2 Å². The van der Waals surface area contributed by atoms with Crippen LogP contribution in [0.1, 0.15) is 45.4 Å². The molecule has 0 aliphatic heterocycles. The van der Waals surface area contributed by atoms with E-state index in [9.17, 15) is 10.1 Å². The van der Waals surface area contributed by atoms with Crippen molar-refractivity contribution in [2.24, 2.45) is 0 Å². The summed E-state index contributed by atoms with van der Waals surface area (Å²) in [4.78, 5) is 16.4. The standard InChI is InChI=1S/C24H21ClN4O2S/c1-4-31-24(30)19-9-17(12-28-23(19)25)13-29-15(2)22(20(11-27)21(29)14-32-3)18-7-5-16(10-26)6-8-18/h5-9,12H,4,13-14H2,1-3H3. The number of nitrogens with zero attached hydrogens (tertiary/aromatic N) is 4. The summed E-state index contributed by atoms with van der Waals surface area (Å²) in [6.45, 7) is 4.36. The van der Waals surface area contributed by atoms with Gasteiger partial charge >= 0.3 is 5.97 Å². The number of hydrogen-bond donors (Lipinski definition) is 0. The van der Waals surface area contributed by atoms with Gasteiger partial charge in [-0.05, 0) is 49.4 Å². The van der Waals surface area contributed by atoms with Crippen LogP contribution in [0.5, 0.6) is 0 Å². The largest absolute Gasteiger partial charge is 0.462 e. The van der Waals surface area contributed by atoms with Gasteiger partial charge < -0.3 is 9.30 Å². The van der Waals surface area contributed by atoms with Gasteiger partial charge in [0, 0.05) is 35.4 Å². The highest BCUT2D eigenvalue weighted by Crippen LogP contribution is 2.34. The van der Waals surface area contributed by atoms with Crippen molar-refractivity contribution in [2.75, 3.05) is 12.9 Å². The zero-order chi connectivity index (χ0) is 23.3. The molecule has 0 saturated heterocycles. The summed E-state index contributed by atoms with van der Waals surface area (Å²) < 4.78 is 7.15.